The van der Waals surface area contributed by atoms with Crippen LogP contribution in [-0.4, -0.2) is 20.4 Å². The Kier molecular flexibility index (Phi) is 4.28. The maximum atomic E-state index is 12.9. The summed E-state index contributed by atoms with van der Waals surface area (Å²) in [5, 5.41) is 0. The lowest BCUT2D eigenvalue weighted by Gasteiger charge is -2.21. The average Bonchev–Trinajstić information content (AvgIpc) is 3.34. The zero-order valence-corrected chi connectivity index (χ0v) is 13.9. The van der Waals surface area contributed by atoms with Gasteiger partial charge in [-0.15, -0.1) is 0 Å². The van der Waals surface area contributed by atoms with Crippen molar-refractivity contribution in [3.05, 3.63) is 54.3 Å². The molecule has 1 saturated carbocycles. The van der Waals surface area contributed by atoms with Gasteiger partial charge in [-0.05, 0) is 61.4 Å². The average molecular weight is 348 g/mol. The molecule has 5 nitrogen and oxygen atoms in total. The third kappa shape index (κ3) is 3.56. The van der Waals surface area contributed by atoms with E-state index in [1.54, 1.807) is 29.2 Å². The van der Waals surface area contributed by atoms with Crippen molar-refractivity contribution >= 4 is 27.3 Å². The summed E-state index contributed by atoms with van der Waals surface area (Å²) < 4.78 is 39.9. The molecule has 0 unspecified atom stereocenters. The molecule has 24 heavy (non-hydrogen) atoms. The second kappa shape index (κ2) is 6.24. The maximum Gasteiger partial charge on any atom is 0.261 e. The van der Waals surface area contributed by atoms with Crippen molar-refractivity contribution in [2.45, 2.75) is 30.7 Å². The number of nitrogens with zero attached hydrogens (tertiary/aromatic N) is 1. The normalized spacial score (nSPS) is 14.2. The summed E-state index contributed by atoms with van der Waals surface area (Å²) in [6, 6.07) is 11.5. The fraction of sp³-hybridized carbons (Fsp3) is 0.235. The van der Waals surface area contributed by atoms with Gasteiger partial charge in [0.2, 0.25) is 5.91 Å². The van der Waals surface area contributed by atoms with Crippen molar-refractivity contribution in [3.8, 4) is 0 Å². The quantitative estimate of drug-likeness (QED) is 0.903. The van der Waals surface area contributed by atoms with E-state index in [2.05, 4.69) is 4.72 Å². The van der Waals surface area contributed by atoms with Crippen LogP contribution in [0.4, 0.5) is 15.8 Å². The molecule has 3 rings (SSSR count). The Morgan fingerprint density at radius 3 is 2.17 bits per heavy atom. The van der Waals surface area contributed by atoms with E-state index in [1.807, 2.05) is 0 Å². The number of halogens is 1. The SMILES string of the molecule is CC(=O)N(c1ccc(NS(=O)(=O)c2ccc(F)cc2)cc1)C1CC1. The Hall–Kier alpha value is -2.41. The van der Waals surface area contributed by atoms with Gasteiger partial charge in [0.05, 0.1) is 4.90 Å². The Morgan fingerprint density at radius 2 is 1.67 bits per heavy atom. The summed E-state index contributed by atoms with van der Waals surface area (Å²) in [7, 11) is -3.78. The van der Waals surface area contributed by atoms with Crippen LogP contribution in [0.15, 0.2) is 53.4 Å². The van der Waals surface area contributed by atoms with Crippen molar-refractivity contribution in [1.82, 2.24) is 0 Å². The second-order valence-corrected chi connectivity index (χ2v) is 7.41. The summed E-state index contributed by atoms with van der Waals surface area (Å²) in [4.78, 5) is 13.4. The van der Waals surface area contributed by atoms with E-state index in [-0.39, 0.29) is 16.8 Å². The molecule has 1 N–H and O–H groups in total. The molecule has 0 heterocycles. The van der Waals surface area contributed by atoms with Gasteiger partial charge < -0.3 is 4.90 Å². The van der Waals surface area contributed by atoms with E-state index >= 15 is 0 Å². The van der Waals surface area contributed by atoms with Crippen LogP contribution in [-0.2, 0) is 14.8 Å². The molecular weight excluding hydrogens is 331 g/mol. The molecule has 0 saturated heterocycles. The molecule has 1 fully saturated rings. The van der Waals surface area contributed by atoms with Gasteiger partial charge in [0, 0.05) is 24.3 Å². The summed E-state index contributed by atoms with van der Waals surface area (Å²) in [5.41, 5.74) is 1.12. The number of nitrogens with one attached hydrogen (secondary N) is 1. The molecule has 1 aliphatic rings. The van der Waals surface area contributed by atoms with Crippen LogP contribution in [0.2, 0.25) is 0 Å². The zero-order chi connectivity index (χ0) is 17.3. The molecule has 1 amide bonds. The molecule has 0 aliphatic heterocycles. The fourth-order valence-electron chi connectivity index (χ4n) is 2.50. The molecule has 2 aromatic rings. The van der Waals surface area contributed by atoms with E-state index < -0.39 is 15.8 Å². The van der Waals surface area contributed by atoms with E-state index in [9.17, 15) is 17.6 Å². The molecule has 0 spiro atoms. The van der Waals surface area contributed by atoms with Crippen molar-refractivity contribution in [2.75, 3.05) is 9.62 Å². The number of rotatable bonds is 5. The van der Waals surface area contributed by atoms with E-state index in [1.165, 1.54) is 19.1 Å². The molecule has 7 heteroatoms. The van der Waals surface area contributed by atoms with E-state index in [4.69, 9.17) is 0 Å². The number of benzene rings is 2. The Bertz CT molecular complexity index is 844. The Labute approximate surface area is 140 Å². The molecule has 1 aliphatic carbocycles. The van der Waals surface area contributed by atoms with Crippen LogP contribution in [0.3, 0.4) is 0 Å². The predicted octanol–water partition coefficient (Wildman–Crippen LogP) is 3.14. The molecule has 126 valence electrons. The van der Waals surface area contributed by atoms with Crippen LogP contribution in [0.1, 0.15) is 19.8 Å². The summed E-state index contributed by atoms with van der Waals surface area (Å²) in [5.74, 6) is -0.528. The van der Waals surface area contributed by atoms with Gasteiger partial charge in [-0.3, -0.25) is 9.52 Å². The molecule has 0 bridgehead atoms. The van der Waals surface area contributed by atoms with Crippen LogP contribution >= 0.6 is 0 Å². The molecule has 0 aromatic heterocycles. The van der Waals surface area contributed by atoms with Crippen LogP contribution < -0.4 is 9.62 Å². The number of sulfonamides is 1. The van der Waals surface area contributed by atoms with E-state index in [0.29, 0.717) is 5.69 Å². The number of hydrogen-bond acceptors (Lipinski definition) is 3. The van der Waals surface area contributed by atoms with Gasteiger partial charge in [0.15, 0.2) is 0 Å². The first-order valence-electron chi connectivity index (χ1n) is 7.55. The number of carbonyl (C=O) groups excluding carboxylic acids is 1. The number of amides is 1. The lowest BCUT2D eigenvalue weighted by Crippen LogP contribution is -2.30. The first-order chi connectivity index (χ1) is 11.4. The lowest BCUT2D eigenvalue weighted by molar-refractivity contribution is -0.116. The van der Waals surface area contributed by atoms with E-state index in [0.717, 1.165) is 30.7 Å². The largest absolute Gasteiger partial charge is 0.310 e. The minimum absolute atomic E-state index is 0.0173. The van der Waals surface area contributed by atoms with Gasteiger partial charge in [-0.1, -0.05) is 0 Å². The standard InChI is InChI=1S/C17H17FN2O3S/c1-12(21)20(16-8-9-16)15-6-4-14(5-7-15)19-24(22,23)17-10-2-13(18)3-11-17/h2-7,10-11,16,19H,8-9H2,1H3. The third-order valence-corrected chi connectivity index (χ3v) is 5.17. The van der Waals surface area contributed by atoms with Crippen LogP contribution in [0.25, 0.3) is 0 Å². The summed E-state index contributed by atoms with van der Waals surface area (Å²) in [6.45, 7) is 1.52. The topological polar surface area (TPSA) is 66.5 Å². The highest BCUT2D eigenvalue weighted by molar-refractivity contribution is 7.92. The summed E-state index contributed by atoms with van der Waals surface area (Å²) >= 11 is 0. The van der Waals surface area contributed by atoms with Gasteiger partial charge >= 0.3 is 0 Å². The Balaban J connectivity index is 1.78. The fourth-order valence-corrected chi connectivity index (χ4v) is 3.56. The van der Waals surface area contributed by atoms with Gasteiger partial charge in [-0.25, -0.2) is 12.8 Å². The molecule has 0 radical (unpaired) electrons. The minimum Gasteiger partial charge on any atom is -0.310 e. The van der Waals surface area contributed by atoms with Crippen molar-refractivity contribution in [1.29, 1.82) is 0 Å². The van der Waals surface area contributed by atoms with Crippen molar-refractivity contribution in [3.63, 3.8) is 0 Å². The van der Waals surface area contributed by atoms with Gasteiger partial charge in [0.1, 0.15) is 5.82 Å². The highest BCUT2D eigenvalue weighted by atomic mass is 32.2. The van der Waals surface area contributed by atoms with Crippen molar-refractivity contribution in [2.24, 2.45) is 0 Å². The highest BCUT2D eigenvalue weighted by Gasteiger charge is 2.31. The first-order valence-corrected chi connectivity index (χ1v) is 9.03. The lowest BCUT2D eigenvalue weighted by atomic mass is 10.2. The van der Waals surface area contributed by atoms with Gasteiger partial charge in [0.25, 0.3) is 10.0 Å². The highest BCUT2D eigenvalue weighted by Crippen LogP contribution is 2.32. The first kappa shape index (κ1) is 16.4. The Morgan fingerprint density at radius 1 is 1.08 bits per heavy atom. The molecule has 0 atom stereocenters. The monoisotopic (exact) mass is 348 g/mol. The van der Waals surface area contributed by atoms with Crippen LogP contribution in [0.5, 0.6) is 0 Å². The molecule has 2 aromatic carbocycles. The number of carbonyl (C=O) groups is 1. The predicted molar refractivity (Wildman–Crippen MR) is 89.8 cm³/mol. The molecular formula is C17H17FN2O3S. The zero-order valence-electron chi connectivity index (χ0n) is 13.1. The smallest absolute Gasteiger partial charge is 0.261 e. The van der Waals surface area contributed by atoms with Gasteiger partial charge in [-0.2, -0.15) is 0 Å². The summed E-state index contributed by atoms with van der Waals surface area (Å²) in [6.07, 6.45) is 1.97. The second-order valence-electron chi connectivity index (χ2n) is 5.73. The van der Waals surface area contributed by atoms with Crippen molar-refractivity contribution < 1.29 is 17.6 Å². The maximum absolute atomic E-state index is 12.9. The minimum atomic E-state index is -3.78. The number of hydrogen-bond donors (Lipinski definition) is 1. The van der Waals surface area contributed by atoms with Crippen LogP contribution in [0, 0.1) is 5.82 Å². The number of anilines is 2. The third-order valence-electron chi connectivity index (χ3n) is 3.77.